The highest BCUT2D eigenvalue weighted by molar-refractivity contribution is 5.45. The first-order valence-corrected chi connectivity index (χ1v) is 7.45. The van der Waals surface area contributed by atoms with E-state index in [1.165, 1.54) is 6.20 Å². The quantitative estimate of drug-likeness (QED) is 0.942. The third-order valence-corrected chi connectivity index (χ3v) is 3.92. The summed E-state index contributed by atoms with van der Waals surface area (Å²) in [5, 5.41) is 7.28. The van der Waals surface area contributed by atoms with Crippen LogP contribution in [0, 0.1) is 0 Å². The van der Waals surface area contributed by atoms with Gasteiger partial charge in [0.2, 0.25) is 0 Å². The number of hydrogen-bond donors (Lipinski definition) is 1. The summed E-state index contributed by atoms with van der Waals surface area (Å²) < 4.78 is 40.0. The third-order valence-electron chi connectivity index (χ3n) is 3.92. The molecule has 1 aliphatic rings. The molecule has 1 saturated heterocycles. The van der Waals surface area contributed by atoms with Crippen LogP contribution in [0.25, 0.3) is 0 Å². The fraction of sp³-hybridized carbons (Fsp3) is 0.467. The molecule has 1 N–H and O–H groups in total. The van der Waals surface area contributed by atoms with Crippen molar-refractivity contribution in [3.05, 3.63) is 36.3 Å². The van der Waals surface area contributed by atoms with Crippen LogP contribution in [-0.4, -0.2) is 33.9 Å². The normalized spacial score (nSPS) is 19.0. The highest BCUT2D eigenvalue weighted by Crippen LogP contribution is 2.30. The van der Waals surface area contributed by atoms with E-state index in [0.29, 0.717) is 6.54 Å². The van der Waals surface area contributed by atoms with E-state index in [-0.39, 0.29) is 11.9 Å². The van der Waals surface area contributed by atoms with Crippen LogP contribution in [0.5, 0.6) is 0 Å². The first-order chi connectivity index (χ1) is 10.9. The monoisotopic (exact) mass is 325 g/mol. The van der Waals surface area contributed by atoms with E-state index in [1.807, 2.05) is 13.2 Å². The van der Waals surface area contributed by atoms with Gasteiger partial charge in [0.15, 0.2) is 0 Å². The van der Waals surface area contributed by atoms with Gasteiger partial charge in [0.25, 0.3) is 0 Å². The molecule has 23 heavy (non-hydrogen) atoms. The molecule has 0 radical (unpaired) electrons. The minimum atomic E-state index is -4.35. The largest absolute Gasteiger partial charge is 0.416 e. The van der Waals surface area contributed by atoms with E-state index in [1.54, 1.807) is 10.9 Å². The molecule has 1 aliphatic heterocycles. The van der Waals surface area contributed by atoms with Crippen molar-refractivity contribution in [2.75, 3.05) is 23.3 Å². The molecule has 3 heterocycles. The Hall–Kier alpha value is -2.25. The molecule has 0 saturated carbocycles. The summed E-state index contributed by atoms with van der Waals surface area (Å²) in [7, 11) is 1.86. The summed E-state index contributed by atoms with van der Waals surface area (Å²) in [6.07, 6.45) is 2.43. The van der Waals surface area contributed by atoms with Crippen molar-refractivity contribution in [1.82, 2.24) is 14.8 Å². The maximum atomic E-state index is 12.8. The van der Waals surface area contributed by atoms with Gasteiger partial charge in [-0.2, -0.15) is 18.3 Å². The molecular weight excluding hydrogens is 307 g/mol. The summed E-state index contributed by atoms with van der Waals surface area (Å²) in [6, 6.07) is 2.09. The number of rotatable bonds is 3. The van der Waals surface area contributed by atoms with Gasteiger partial charge in [-0.3, -0.25) is 4.68 Å². The topological polar surface area (TPSA) is 46.0 Å². The number of nitrogens with one attached hydrogen (secondary N) is 1. The Morgan fingerprint density at radius 2 is 2.17 bits per heavy atom. The summed E-state index contributed by atoms with van der Waals surface area (Å²) >= 11 is 0. The van der Waals surface area contributed by atoms with E-state index >= 15 is 0 Å². The van der Waals surface area contributed by atoms with Crippen LogP contribution < -0.4 is 10.2 Å². The highest BCUT2D eigenvalue weighted by Gasteiger charge is 2.31. The molecule has 0 spiro atoms. The average Bonchev–Trinajstić information content (AvgIpc) is 2.94. The molecule has 2 aromatic heterocycles. The van der Waals surface area contributed by atoms with Crippen LogP contribution in [0.2, 0.25) is 0 Å². The lowest BCUT2D eigenvalue weighted by atomic mass is 10.1. The molecule has 8 heteroatoms. The molecule has 0 bridgehead atoms. The van der Waals surface area contributed by atoms with E-state index < -0.39 is 11.7 Å². The maximum Gasteiger partial charge on any atom is 0.416 e. The van der Waals surface area contributed by atoms with Crippen LogP contribution in [0.3, 0.4) is 0 Å². The van der Waals surface area contributed by atoms with Gasteiger partial charge in [-0.25, -0.2) is 4.98 Å². The van der Waals surface area contributed by atoms with Crippen molar-refractivity contribution in [2.45, 2.75) is 25.1 Å². The molecule has 0 aliphatic carbocycles. The van der Waals surface area contributed by atoms with Crippen molar-refractivity contribution < 1.29 is 13.2 Å². The number of piperidine rings is 1. The fourth-order valence-electron chi connectivity index (χ4n) is 2.80. The van der Waals surface area contributed by atoms with Gasteiger partial charge < -0.3 is 10.2 Å². The van der Waals surface area contributed by atoms with Gasteiger partial charge in [-0.1, -0.05) is 0 Å². The zero-order valence-corrected chi connectivity index (χ0v) is 12.7. The molecule has 0 aromatic carbocycles. The highest BCUT2D eigenvalue weighted by atomic mass is 19.4. The van der Waals surface area contributed by atoms with E-state index in [0.717, 1.165) is 37.2 Å². The fourth-order valence-corrected chi connectivity index (χ4v) is 2.80. The molecule has 0 amide bonds. The number of aromatic nitrogens is 3. The van der Waals surface area contributed by atoms with E-state index in [4.69, 9.17) is 0 Å². The summed E-state index contributed by atoms with van der Waals surface area (Å²) in [5.74, 6) is 0.262. The van der Waals surface area contributed by atoms with Crippen molar-refractivity contribution in [3.63, 3.8) is 0 Å². The lowest BCUT2D eigenvalue weighted by Gasteiger charge is -2.34. The number of pyridine rings is 1. The van der Waals surface area contributed by atoms with E-state index in [2.05, 4.69) is 20.3 Å². The van der Waals surface area contributed by atoms with Crippen LogP contribution in [0.15, 0.2) is 30.7 Å². The third kappa shape index (κ3) is 3.75. The van der Waals surface area contributed by atoms with Gasteiger partial charge in [0, 0.05) is 38.6 Å². The van der Waals surface area contributed by atoms with Crippen molar-refractivity contribution in [3.8, 4) is 0 Å². The number of nitrogens with zero attached hydrogens (tertiary/aromatic N) is 4. The standard InChI is InChI=1S/C15H18F3N5/c1-22-10-13(8-20-22)23-6-2-3-12(9-23)21-14-7-11(4-5-19-14)15(16,17)18/h4-5,7-8,10,12H,2-3,6,9H2,1H3,(H,19,21)/t12-/m0/s1. The van der Waals surface area contributed by atoms with Gasteiger partial charge in [-0.05, 0) is 25.0 Å². The van der Waals surface area contributed by atoms with Crippen LogP contribution >= 0.6 is 0 Å². The van der Waals surface area contributed by atoms with Gasteiger partial charge in [0.05, 0.1) is 17.4 Å². The summed E-state index contributed by atoms with van der Waals surface area (Å²) in [5.41, 5.74) is 0.339. The van der Waals surface area contributed by atoms with Gasteiger partial charge in [0.1, 0.15) is 5.82 Å². The van der Waals surface area contributed by atoms with Crippen molar-refractivity contribution >= 4 is 11.5 Å². The number of hydrogen-bond acceptors (Lipinski definition) is 4. The molecule has 124 valence electrons. The molecule has 1 fully saturated rings. The number of aryl methyl sites for hydroxylation is 1. The van der Waals surface area contributed by atoms with Crippen LogP contribution in [-0.2, 0) is 13.2 Å². The smallest absolute Gasteiger partial charge is 0.367 e. The number of alkyl halides is 3. The SMILES string of the molecule is Cn1cc(N2CCC[C@H](Nc3cc(C(F)(F)F)ccn3)C2)cn1. The second-order valence-electron chi connectivity index (χ2n) is 5.73. The molecule has 1 atom stereocenters. The molecule has 5 nitrogen and oxygen atoms in total. The molecule has 3 rings (SSSR count). The predicted octanol–water partition coefficient (Wildman–Crippen LogP) is 2.91. The Morgan fingerprint density at radius 3 is 2.87 bits per heavy atom. The second-order valence-corrected chi connectivity index (χ2v) is 5.73. The Bertz CT molecular complexity index is 667. The first kappa shape index (κ1) is 15.6. The summed E-state index contributed by atoms with van der Waals surface area (Å²) in [4.78, 5) is 6.19. The van der Waals surface area contributed by atoms with Crippen LogP contribution in [0.1, 0.15) is 18.4 Å². The Kier molecular flexibility index (Phi) is 4.14. The lowest BCUT2D eigenvalue weighted by Crippen LogP contribution is -2.42. The Balaban J connectivity index is 1.68. The zero-order valence-electron chi connectivity index (χ0n) is 12.7. The molecule has 2 aromatic rings. The summed E-state index contributed by atoms with van der Waals surface area (Å²) in [6.45, 7) is 1.63. The number of anilines is 2. The second kappa shape index (κ2) is 6.10. The van der Waals surface area contributed by atoms with Crippen molar-refractivity contribution in [1.29, 1.82) is 0 Å². The Morgan fingerprint density at radius 1 is 1.35 bits per heavy atom. The van der Waals surface area contributed by atoms with Gasteiger partial charge in [-0.15, -0.1) is 0 Å². The lowest BCUT2D eigenvalue weighted by molar-refractivity contribution is -0.137. The first-order valence-electron chi connectivity index (χ1n) is 7.45. The number of halogens is 3. The molecular formula is C15H18F3N5. The molecule has 0 unspecified atom stereocenters. The average molecular weight is 325 g/mol. The Labute approximate surface area is 132 Å². The minimum Gasteiger partial charge on any atom is -0.367 e. The predicted molar refractivity (Wildman–Crippen MR) is 81.3 cm³/mol. The zero-order chi connectivity index (χ0) is 16.4. The maximum absolute atomic E-state index is 12.8. The minimum absolute atomic E-state index is 0.0555. The van der Waals surface area contributed by atoms with Crippen molar-refractivity contribution in [2.24, 2.45) is 7.05 Å². The van der Waals surface area contributed by atoms with Crippen LogP contribution in [0.4, 0.5) is 24.7 Å². The van der Waals surface area contributed by atoms with Gasteiger partial charge >= 0.3 is 6.18 Å². The van der Waals surface area contributed by atoms with E-state index in [9.17, 15) is 13.2 Å².